The minimum Gasteiger partial charge on any atom is -0.376 e. The Labute approximate surface area is 140 Å². The summed E-state index contributed by atoms with van der Waals surface area (Å²) < 4.78 is 18.6. The second kappa shape index (κ2) is 7.88. The molecular weight excluding hydrogens is 309 g/mol. The summed E-state index contributed by atoms with van der Waals surface area (Å²) in [6, 6.07) is 9.27. The molecule has 1 aromatic heterocycles. The zero-order valence-electron chi connectivity index (χ0n) is 13.3. The van der Waals surface area contributed by atoms with Gasteiger partial charge >= 0.3 is 6.03 Å². The summed E-state index contributed by atoms with van der Waals surface area (Å²) >= 11 is 0. The van der Waals surface area contributed by atoms with Gasteiger partial charge in [0.1, 0.15) is 5.82 Å². The molecule has 24 heavy (non-hydrogen) atoms. The lowest BCUT2D eigenvalue weighted by Crippen LogP contribution is -2.39. The van der Waals surface area contributed by atoms with Crippen molar-refractivity contribution in [1.29, 1.82) is 0 Å². The largest absolute Gasteiger partial charge is 0.376 e. The highest BCUT2D eigenvalue weighted by Gasteiger charge is 2.23. The third kappa shape index (κ3) is 4.52. The third-order valence-electron chi connectivity index (χ3n) is 3.95. The number of nitrogens with one attached hydrogen (secondary N) is 1. The standard InChI is InChI=1S/C18H20FN3O2/c19-15-3-5-16(6-4-15)21-18(23)22(13-17-2-1-11-24-17)12-14-7-9-20-10-8-14/h3-10,17H,1-2,11-13H2,(H,21,23). The quantitative estimate of drug-likeness (QED) is 0.914. The highest BCUT2D eigenvalue weighted by Crippen LogP contribution is 2.17. The molecule has 3 rings (SSSR count). The van der Waals surface area contributed by atoms with Crippen LogP contribution in [0.5, 0.6) is 0 Å². The van der Waals surface area contributed by atoms with Crippen molar-refractivity contribution in [2.24, 2.45) is 0 Å². The number of urea groups is 1. The van der Waals surface area contributed by atoms with E-state index in [-0.39, 0.29) is 18.0 Å². The van der Waals surface area contributed by atoms with Crippen molar-refractivity contribution in [3.63, 3.8) is 0 Å². The highest BCUT2D eigenvalue weighted by atomic mass is 19.1. The Kier molecular flexibility index (Phi) is 5.38. The van der Waals surface area contributed by atoms with Crippen LogP contribution < -0.4 is 5.32 Å². The van der Waals surface area contributed by atoms with E-state index < -0.39 is 0 Å². The van der Waals surface area contributed by atoms with Crippen molar-refractivity contribution >= 4 is 11.7 Å². The van der Waals surface area contributed by atoms with Crippen molar-refractivity contribution in [3.05, 3.63) is 60.2 Å². The van der Waals surface area contributed by atoms with Crippen LogP contribution in [-0.2, 0) is 11.3 Å². The molecule has 6 heteroatoms. The minimum atomic E-state index is -0.332. The summed E-state index contributed by atoms with van der Waals surface area (Å²) in [4.78, 5) is 18.4. The fraction of sp³-hybridized carbons (Fsp3) is 0.333. The molecule has 1 N–H and O–H groups in total. The van der Waals surface area contributed by atoms with E-state index in [1.807, 2.05) is 12.1 Å². The van der Waals surface area contributed by atoms with Crippen LogP contribution in [0.1, 0.15) is 18.4 Å². The predicted molar refractivity (Wildman–Crippen MR) is 89.0 cm³/mol. The molecule has 1 saturated heterocycles. The first-order chi connectivity index (χ1) is 11.7. The summed E-state index contributed by atoms with van der Waals surface area (Å²) in [5.74, 6) is -0.332. The number of pyridine rings is 1. The number of hydrogen-bond acceptors (Lipinski definition) is 3. The number of anilines is 1. The van der Waals surface area contributed by atoms with Gasteiger partial charge in [0.2, 0.25) is 0 Å². The van der Waals surface area contributed by atoms with Gasteiger partial charge in [-0.15, -0.1) is 0 Å². The van der Waals surface area contributed by atoms with Crippen molar-refractivity contribution < 1.29 is 13.9 Å². The molecule has 2 heterocycles. The van der Waals surface area contributed by atoms with Gasteiger partial charge in [0, 0.05) is 37.8 Å². The first-order valence-corrected chi connectivity index (χ1v) is 8.03. The van der Waals surface area contributed by atoms with Crippen LogP contribution in [0.15, 0.2) is 48.8 Å². The second-order valence-electron chi connectivity index (χ2n) is 5.81. The van der Waals surface area contributed by atoms with E-state index >= 15 is 0 Å². The van der Waals surface area contributed by atoms with Gasteiger partial charge in [-0.2, -0.15) is 0 Å². The van der Waals surface area contributed by atoms with E-state index in [0.29, 0.717) is 18.8 Å². The Morgan fingerprint density at radius 2 is 2.00 bits per heavy atom. The maximum absolute atomic E-state index is 13.0. The van der Waals surface area contributed by atoms with Gasteiger partial charge in [-0.3, -0.25) is 4.98 Å². The maximum atomic E-state index is 13.0. The van der Waals surface area contributed by atoms with E-state index in [2.05, 4.69) is 10.3 Å². The fourth-order valence-electron chi connectivity index (χ4n) is 2.70. The molecule has 0 saturated carbocycles. The number of benzene rings is 1. The average Bonchev–Trinajstić information content (AvgIpc) is 3.10. The Hall–Kier alpha value is -2.47. The van der Waals surface area contributed by atoms with Crippen molar-refractivity contribution in [1.82, 2.24) is 9.88 Å². The van der Waals surface area contributed by atoms with Gasteiger partial charge in [0.15, 0.2) is 0 Å². The minimum absolute atomic E-state index is 0.0609. The first kappa shape index (κ1) is 16.4. The monoisotopic (exact) mass is 329 g/mol. The number of nitrogens with zero attached hydrogens (tertiary/aromatic N) is 2. The number of hydrogen-bond donors (Lipinski definition) is 1. The van der Waals surface area contributed by atoms with Crippen molar-refractivity contribution in [2.45, 2.75) is 25.5 Å². The molecule has 126 valence electrons. The first-order valence-electron chi connectivity index (χ1n) is 8.03. The number of halogens is 1. The van der Waals surface area contributed by atoms with Crippen LogP contribution in [-0.4, -0.2) is 35.2 Å². The number of amides is 2. The summed E-state index contributed by atoms with van der Waals surface area (Å²) in [6.45, 7) is 1.73. The van der Waals surface area contributed by atoms with Crippen LogP contribution in [0.25, 0.3) is 0 Å². The molecular formula is C18H20FN3O2. The molecule has 2 aromatic rings. The van der Waals surface area contributed by atoms with Crippen molar-refractivity contribution in [3.8, 4) is 0 Å². The van der Waals surface area contributed by atoms with Gasteiger partial charge in [-0.1, -0.05) is 0 Å². The van der Waals surface area contributed by atoms with E-state index in [4.69, 9.17) is 4.74 Å². The average molecular weight is 329 g/mol. The zero-order valence-corrected chi connectivity index (χ0v) is 13.3. The van der Waals surface area contributed by atoms with Gasteiger partial charge in [0.25, 0.3) is 0 Å². The summed E-state index contributed by atoms with van der Waals surface area (Å²) in [5.41, 5.74) is 1.56. The van der Waals surface area contributed by atoms with Gasteiger partial charge < -0.3 is 15.0 Å². The molecule has 0 radical (unpaired) electrons. The van der Waals surface area contributed by atoms with E-state index in [1.165, 1.54) is 12.1 Å². The van der Waals surface area contributed by atoms with E-state index in [1.54, 1.807) is 29.4 Å². The smallest absolute Gasteiger partial charge is 0.322 e. The molecule has 5 nitrogen and oxygen atoms in total. The van der Waals surface area contributed by atoms with Gasteiger partial charge in [0.05, 0.1) is 6.10 Å². The normalized spacial score (nSPS) is 16.8. The number of carbonyl (C=O) groups is 1. The Morgan fingerprint density at radius 3 is 2.67 bits per heavy atom. The molecule has 1 aliphatic rings. The molecule has 0 bridgehead atoms. The number of ether oxygens (including phenoxy) is 1. The molecule has 1 unspecified atom stereocenters. The fourth-order valence-corrected chi connectivity index (χ4v) is 2.70. The lowest BCUT2D eigenvalue weighted by atomic mass is 10.2. The third-order valence-corrected chi connectivity index (χ3v) is 3.95. The van der Waals surface area contributed by atoms with Crippen LogP contribution >= 0.6 is 0 Å². The van der Waals surface area contributed by atoms with E-state index in [0.717, 1.165) is 25.0 Å². The SMILES string of the molecule is O=C(Nc1ccc(F)cc1)N(Cc1ccncc1)CC1CCCO1. The van der Waals surface area contributed by atoms with Gasteiger partial charge in [-0.25, -0.2) is 9.18 Å². The molecule has 1 aliphatic heterocycles. The molecule has 2 amide bonds. The Bertz CT molecular complexity index is 658. The summed E-state index contributed by atoms with van der Waals surface area (Å²) in [5, 5.41) is 2.81. The second-order valence-corrected chi connectivity index (χ2v) is 5.81. The van der Waals surface area contributed by atoms with Crippen LogP contribution in [0.4, 0.5) is 14.9 Å². The van der Waals surface area contributed by atoms with Crippen LogP contribution in [0, 0.1) is 5.82 Å². The molecule has 0 aliphatic carbocycles. The lowest BCUT2D eigenvalue weighted by molar-refractivity contribution is 0.0819. The molecule has 1 aromatic carbocycles. The maximum Gasteiger partial charge on any atom is 0.322 e. The Morgan fingerprint density at radius 1 is 1.25 bits per heavy atom. The molecule has 0 spiro atoms. The number of rotatable bonds is 5. The lowest BCUT2D eigenvalue weighted by Gasteiger charge is -2.26. The van der Waals surface area contributed by atoms with Crippen LogP contribution in [0.3, 0.4) is 0 Å². The number of aromatic nitrogens is 1. The summed E-state index contributed by atoms with van der Waals surface area (Å²) in [7, 11) is 0. The molecule has 1 atom stereocenters. The van der Waals surface area contributed by atoms with E-state index in [9.17, 15) is 9.18 Å². The number of carbonyl (C=O) groups excluding carboxylic acids is 1. The topological polar surface area (TPSA) is 54.5 Å². The highest BCUT2D eigenvalue weighted by molar-refractivity contribution is 5.89. The Balaban J connectivity index is 1.69. The van der Waals surface area contributed by atoms with Crippen molar-refractivity contribution in [2.75, 3.05) is 18.5 Å². The summed E-state index contributed by atoms with van der Waals surface area (Å²) in [6.07, 6.45) is 5.45. The van der Waals surface area contributed by atoms with Crippen LogP contribution in [0.2, 0.25) is 0 Å². The predicted octanol–water partition coefficient (Wildman–Crippen LogP) is 3.43. The van der Waals surface area contributed by atoms with Gasteiger partial charge in [-0.05, 0) is 54.8 Å². The zero-order chi connectivity index (χ0) is 16.8. The molecule has 1 fully saturated rings.